The van der Waals surface area contributed by atoms with Crippen molar-refractivity contribution in [1.82, 2.24) is 0 Å². The molecule has 4 nitrogen and oxygen atoms in total. The standard InChI is InChI=1S/C41H53NO3/c1-3-5-7-9-11-12-14-16-31-43-38-27-21-35(22-28-38)18-17-34-19-23-37(24-20-34)41-33-40(42-45-41)36-25-29-39(30-26-36)44-32-15-13-10-8-6-4-2/h19-30,41H,3-16,31-33H2,1-2H3. The van der Waals surface area contributed by atoms with Gasteiger partial charge in [-0.1, -0.05) is 120 Å². The summed E-state index contributed by atoms with van der Waals surface area (Å²) in [6, 6.07) is 24.6. The summed E-state index contributed by atoms with van der Waals surface area (Å²) in [7, 11) is 0. The van der Waals surface area contributed by atoms with E-state index in [2.05, 4.69) is 67.2 Å². The molecule has 0 spiro atoms. The minimum atomic E-state index is -0.0796. The van der Waals surface area contributed by atoms with E-state index in [1.807, 2.05) is 36.4 Å². The van der Waals surface area contributed by atoms with Gasteiger partial charge >= 0.3 is 0 Å². The van der Waals surface area contributed by atoms with Crippen LogP contribution in [0, 0.1) is 11.8 Å². The highest BCUT2D eigenvalue weighted by atomic mass is 16.6. The number of rotatable bonds is 20. The molecule has 0 aliphatic carbocycles. The lowest BCUT2D eigenvalue weighted by molar-refractivity contribution is 0.0857. The number of unbranched alkanes of at least 4 members (excludes halogenated alkanes) is 12. The van der Waals surface area contributed by atoms with Gasteiger partial charge < -0.3 is 14.3 Å². The molecule has 0 saturated heterocycles. The monoisotopic (exact) mass is 607 g/mol. The van der Waals surface area contributed by atoms with Crippen LogP contribution in [0.25, 0.3) is 0 Å². The molecule has 1 aliphatic heterocycles. The van der Waals surface area contributed by atoms with Crippen LogP contribution in [-0.4, -0.2) is 18.9 Å². The Bertz CT molecular complexity index is 1320. The predicted molar refractivity (Wildman–Crippen MR) is 187 cm³/mol. The Morgan fingerprint density at radius 1 is 0.578 bits per heavy atom. The third-order valence-corrected chi connectivity index (χ3v) is 8.38. The Kier molecular flexibility index (Phi) is 15.4. The van der Waals surface area contributed by atoms with Crippen LogP contribution in [0.5, 0.6) is 11.5 Å². The fourth-order valence-electron chi connectivity index (χ4n) is 5.53. The van der Waals surface area contributed by atoms with Gasteiger partial charge in [0.1, 0.15) is 11.5 Å². The van der Waals surface area contributed by atoms with Crippen LogP contribution in [0.3, 0.4) is 0 Å². The summed E-state index contributed by atoms with van der Waals surface area (Å²) < 4.78 is 11.9. The molecule has 0 N–H and O–H groups in total. The Labute approximate surface area is 272 Å². The molecule has 1 aliphatic rings. The van der Waals surface area contributed by atoms with Crippen molar-refractivity contribution in [1.29, 1.82) is 0 Å². The van der Waals surface area contributed by atoms with Gasteiger partial charge in [-0.25, -0.2) is 0 Å². The van der Waals surface area contributed by atoms with E-state index in [9.17, 15) is 0 Å². The second-order valence-corrected chi connectivity index (χ2v) is 12.2. The predicted octanol–water partition coefficient (Wildman–Crippen LogP) is 11.2. The molecule has 0 amide bonds. The molecule has 0 bridgehead atoms. The first-order valence-electron chi connectivity index (χ1n) is 17.6. The number of benzene rings is 3. The van der Waals surface area contributed by atoms with E-state index in [-0.39, 0.29) is 6.10 Å². The minimum Gasteiger partial charge on any atom is -0.494 e. The normalized spacial score (nSPS) is 13.9. The van der Waals surface area contributed by atoms with Gasteiger partial charge in [0.05, 0.1) is 18.9 Å². The summed E-state index contributed by atoms with van der Waals surface area (Å²) in [5, 5.41) is 4.39. The summed E-state index contributed by atoms with van der Waals surface area (Å²) in [5.41, 5.74) is 5.11. The molecular weight excluding hydrogens is 554 g/mol. The lowest BCUT2D eigenvalue weighted by Gasteiger charge is -2.09. The van der Waals surface area contributed by atoms with Crippen molar-refractivity contribution in [3.63, 3.8) is 0 Å². The van der Waals surface area contributed by atoms with Gasteiger partial charge in [0.15, 0.2) is 6.10 Å². The number of hydrogen-bond donors (Lipinski definition) is 0. The molecule has 3 aromatic carbocycles. The SMILES string of the molecule is CCCCCCCCCCOc1ccc(C#Cc2ccc(C3CC(c4ccc(OCCCCCCCC)cc4)=NO3)cc2)cc1. The fourth-order valence-corrected chi connectivity index (χ4v) is 5.53. The maximum atomic E-state index is 5.93. The van der Waals surface area contributed by atoms with Crippen LogP contribution >= 0.6 is 0 Å². The molecule has 0 radical (unpaired) electrons. The van der Waals surface area contributed by atoms with Gasteiger partial charge in [0, 0.05) is 17.5 Å². The maximum absolute atomic E-state index is 5.93. The summed E-state index contributed by atoms with van der Waals surface area (Å²) in [6.07, 6.45) is 18.7. The number of ether oxygens (including phenoxy) is 2. The van der Waals surface area contributed by atoms with Crippen LogP contribution < -0.4 is 9.47 Å². The van der Waals surface area contributed by atoms with Crippen molar-refractivity contribution in [3.8, 4) is 23.3 Å². The van der Waals surface area contributed by atoms with Crippen molar-refractivity contribution in [2.75, 3.05) is 13.2 Å². The van der Waals surface area contributed by atoms with Crippen LogP contribution in [-0.2, 0) is 4.84 Å². The van der Waals surface area contributed by atoms with Crippen molar-refractivity contribution >= 4 is 5.71 Å². The summed E-state index contributed by atoms with van der Waals surface area (Å²) in [6.45, 7) is 6.07. The first kappa shape index (κ1) is 34.2. The Balaban J connectivity index is 1.14. The highest BCUT2D eigenvalue weighted by Crippen LogP contribution is 2.30. The second-order valence-electron chi connectivity index (χ2n) is 12.2. The van der Waals surface area contributed by atoms with E-state index in [0.29, 0.717) is 0 Å². The van der Waals surface area contributed by atoms with Crippen LogP contribution in [0.15, 0.2) is 78.0 Å². The van der Waals surface area contributed by atoms with Gasteiger partial charge in [-0.15, -0.1) is 0 Å². The van der Waals surface area contributed by atoms with E-state index in [4.69, 9.17) is 14.3 Å². The molecule has 0 aromatic heterocycles. The molecule has 1 unspecified atom stereocenters. The zero-order chi connectivity index (χ0) is 31.4. The van der Waals surface area contributed by atoms with E-state index < -0.39 is 0 Å². The Morgan fingerprint density at radius 2 is 1.02 bits per heavy atom. The molecule has 4 rings (SSSR count). The first-order chi connectivity index (χ1) is 22.2. The minimum absolute atomic E-state index is 0.0796. The molecular formula is C41H53NO3. The van der Waals surface area contributed by atoms with Crippen LogP contribution in [0.1, 0.15) is 139 Å². The molecule has 4 heteroatoms. The smallest absolute Gasteiger partial charge is 0.158 e. The van der Waals surface area contributed by atoms with E-state index >= 15 is 0 Å². The van der Waals surface area contributed by atoms with Crippen molar-refractivity contribution in [2.45, 2.75) is 116 Å². The van der Waals surface area contributed by atoms with Gasteiger partial charge in [-0.05, 0) is 84.6 Å². The molecule has 3 aromatic rings. The Hall–Kier alpha value is -3.71. The molecule has 45 heavy (non-hydrogen) atoms. The molecule has 0 saturated carbocycles. The van der Waals surface area contributed by atoms with E-state index in [0.717, 1.165) is 71.9 Å². The summed E-state index contributed by atoms with van der Waals surface area (Å²) in [4.78, 5) is 5.81. The molecule has 1 atom stereocenters. The van der Waals surface area contributed by atoms with E-state index in [1.54, 1.807) is 0 Å². The number of oxime groups is 1. The lowest BCUT2D eigenvalue weighted by atomic mass is 9.99. The topological polar surface area (TPSA) is 40.0 Å². The van der Waals surface area contributed by atoms with Crippen LogP contribution in [0.4, 0.5) is 0 Å². The van der Waals surface area contributed by atoms with Crippen molar-refractivity contribution in [2.24, 2.45) is 5.16 Å². The lowest BCUT2D eigenvalue weighted by Crippen LogP contribution is -2.02. The van der Waals surface area contributed by atoms with Gasteiger partial charge in [0.25, 0.3) is 0 Å². The quantitative estimate of drug-likeness (QED) is 0.0947. The number of hydrogen-bond acceptors (Lipinski definition) is 4. The third-order valence-electron chi connectivity index (χ3n) is 8.38. The largest absolute Gasteiger partial charge is 0.494 e. The van der Waals surface area contributed by atoms with E-state index in [1.165, 1.54) is 77.0 Å². The highest BCUT2D eigenvalue weighted by molar-refractivity contribution is 6.01. The second kappa shape index (κ2) is 20.3. The third kappa shape index (κ3) is 12.7. The van der Waals surface area contributed by atoms with Crippen molar-refractivity contribution < 1.29 is 14.3 Å². The van der Waals surface area contributed by atoms with Crippen LogP contribution in [0.2, 0.25) is 0 Å². The van der Waals surface area contributed by atoms with Gasteiger partial charge in [-0.2, -0.15) is 0 Å². The fraction of sp³-hybridized carbons (Fsp3) is 0.488. The first-order valence-corrected chi connectivity index (χ1v) is 17.6. The summed E-state index contributed by atoms with van der Waals surface area (Å²) in [5.74, 6) is 8.38. The zero-order valence-electron chi connectivity index (χ0n) is 27.7. The molecule has 1 heterocycles. The maximum Gasteiger partial charge on any atom is 0.158 e. The molecule has 240 valence electrons. The van der Waals surface area contributed by atoms with Crippen molar-refractivity contribution in [3.05, 3.63) is 95.1 Å². The zero-order valence-corrected chi connectivity index (χ0v) is 27.7. The molecule has 0 fully saturated rings. The average molecular weight is 608 g/mol. The number of nitrogens with zero attached hydrogens (tertiary/aromatic N) is 1. The highest BCUT2D eigenvalue weighted by Gasteiger charge is 2.23. The summed E-state index contributed by atoms with van der Waals surface area (Å²) >= 11 is 0. The Morgan fingerprint density at radius 3 is 1.53 bits per heavy atom. The average Bonchev–Trinajstić information content (AvgIpc) is 3.58. The van der Waals surface area contributed by atoms with Gasteiger partial charge in [-0.3, -0.25) is 0 Å². The van der Waals surface area contributed by atoms with Gasteiger partial charge in [0.2, 0.25) is 0 Å².